The van der Waals surface area contributed by atoms with Gasteiger partial charge in [0.25, 0.3) is 0 Å². The molecule has 0 radical (unpaired) electrons. The van der Waals surface area contributed by atoms with E-state index in [1.165, 1.54) is 5.56 Å². The van der Waals surface area contributed by atoms with Crippen LogP contribution in [0.1, 0.15) is 31.2 Å². The topological polar surface area (TPSA) is 32.3 Å². The Morgan fingerprint density at radius 3 is 2.67 bits per heavy atom. The van der Waals surface area contributed by atoms with Crippen LogP contribution in [0.5, 0.6) is 0 Å². The smallest absolute Gasteiger partial charge is 0.225 e. The van der Waals surface area contributed by atoms with Gasteiger partial charge >= 0.3 is 0 Å². The summed E-state index contributed by atoms with van der Waals surface area (Å²) in [6.45, 7) is 2.59. The van der Waals surface area contributed by atoms with Crippen molar-refractivity contribution in [1.82, 2.24) is 10.2 Å². The van der Waals surface area contributed by atoms with Crippen LogP contribution in [0.4, 0.5) is 0 Å². The first-order valence-corrected chi connectivity index (χ1v) is 8.76. The molecule has 1 saturated heterocycles. The third-order valence-corrected chi connectivity index (χ3v) is 5.33. The standard InChI is InChI=1S/C16H20BrClN2O/c17-15-4-3-13(18)9-12(15)10-19-14-5-7-20(8-6-14)16(21)11-1-2-11/h3-4,9,11,14,19H,1-2,5-8,10H2. The summed E-state index contributed by atoms with van der Waals surface area (Å²) in [5.74, 6) is 0.725. The molecule has 5 heteroatoms. The number of nitrogens with zero attached hydrogens (tertiary/aromatic N) is 1. The van der Waals surface area contributed by atoms with Gasteiger partial charge in [-0.25, -0.2) is 0 Å². The predicted octanol–water partition coefficient (Wildman–Crippen LogP) is 3.59. The average Bonchev–Trinajstić information content (AvgIpc) is 3.33. The van der Waals surface area contributed by atoms with Crippen LogP contribution in [-0.2, 0) is 11.3 Å². The molecule has 1 aromatic carbocycles. The Balaban J connectivity index is 1.47. The van der Waals surface area contributed by atoms with E-state index in [9.17, 15) is 4.79 Å². The number of rotatable bonds is 4. The van der Waals surface area contributed by atoms with Crippen LogP contribution >= 0.6 is 27.5 Å². The van der Waals surface area contributed by atoms with Crippen molar-refractivity contribution in [2.45, 2.75) is 38.3 Å². The molecule has 1 aliphatic carbocycles. The Hall–Kier alpha value is -0.580. The van der Waals surface area contributed by atoms with E-state index in [-0.39, 0.29) is 0 Å². The molecule has 2 fully saturated rings. The van der Waals surface area contributed by atoms with Crippen LogP contribution in [0.3, 0.4) is 0 Å². The van der Waals surface area contributed by atoms with Gasteiger partial charge in [0.05, 0.1) is 0 Å². The van der Waals surface area contributed by atoms with Crippen molar-refractivity contribution in [3.63, 3.8) is 0 Å². The van der Waals surface area contributed by atoms with Crippen LogP contribution in [0.2, 0.25) is 5.02 Å². The van der Waals surface area contributed by atoms with Gasteiger partial charge in [0, 0.05) is 41.1 Å². The first-order chi connectivity index (χ1) is 10.1. The Morgan fingerprint density at radius 1 is 1.29 bits per heavy atom. The van der Waals surface area contributed by atoms with E-state index >= 15 is 0 Å². The number of hydrogen-bond donors (Lipinski definition) is 1. The number of nitrogens with one attached hydrogen (secondary N) is 1. The van der Waals surface area contributed by atoms with E-state index in [2.05, 4.69) is 21.2 Å². The molecule has 0 atom stereocenters. The fourth-order valence-electron chi connectivity index (χ4n) is 2.83. The first kappa shape index (κ1) is 15.3. The van der Waals surface area contributed by atoms with Crippen LogP contribution in [-0.4, -0.2) is 29.9 Å². The number of likely N-dealkylation sites (tertiary alicyclic amines) is 1. The summed E-state index contributed by atoms with van der Waals surface area (Å²) < 4.78 is 1.08. The Morgan fingerprint density at radius 2 is 2.00 bits per heavy atom. The number of benzene rings is 1. The van der Waals surface area contributed by atoms with E-state index in [0.717, 1.165) is 54.8 Å². The predicted molar refractivity (Wildman–Crippen MR) is 88.3 cm³/mol. The quantitative estimate of drug-likeness (QED) is 0.877. The summed E-state index contributed by atoms with van der Waals surface area (Å²) in [4.78, 5) is 14.1. The summed E-state index contributed by atoms with van der Waals surface area (Å²) in [5.41, 5.74) is 1.18. The van der Waals surface area contributed by atoms with Gasteiger partial charge in [-0.1, -0.05) is 27.5 Å². The normalized spacial score (nSPS) is 19.8. The van der Waals surface area contributed by atoms with Crippen LogP contribution in [0.15, 0.2) is 22.7 Å². The molecule has 21 heavy (non-hydrogen) atoms. The van der Waals surface area contributed by atoms with Gasteiger partial charge in [-0.2, -0.15) is 0 Å². The van der Waals surface area contributed by atoms with Crippen molar-refractivity contribution < 1.29 is 4.79 Å². The second-order valence-electron chi connectivity index (χ2n) is 5.99. The highest BCUT2D eigenvalue weighted by Gasteiger charge is 2.34. The zero-order chi connectivity index (χ0) is 14.8. The average molecular weight is 372 g/mol. The number of hydrogen-bond acceptors (Lipinski definition) is 2. The summed E-state index contributed by atoms with van der Waals surface area (Å²) in [5, 5.41) is 4.35. The number of halogens is 2. The molecule has 1 aromatic rings. The maximum Gasteiger partial charge on any atom is 0.225 e. The second-order valence-corrected chi connectivity index (χ2v) is 7.28. The molecule has 114 valence electrons. The van der Waals surface area contributed by atoms with Crippen molar-refractivity contribution in [3.05, 3.63) is 33.3 Å². The van der Waals surface area contributed by atoms with E-state index in [1.807, 2.05) is 23.1 Å². The summed E-state index contributed by atoms with van der Waals surface area (Å²) in [7, 11) is 0. The lowest BCUT2D eigenvalue weighted by atomic mass is 10.0. The van der Waals surface area contributed by atoms with Gasteiger partial charge < -0.3 is 10.2 Å². The molecule has 0 bridgehead atoms. The van der Waals surface area contributed by atoms with Crippen molar-refractivity contribution in [2.75, 3.05) is 13.1 Å². The molecular weight excluding hydrogens is 352 g/mol. The molecule has 3 nitrogen and oxygen atoms in total. The summed E-state index contributed by atoms with van der Waals surface area (Å²) in [6, 6.07) is 6.34. The van der Waals surface area contributed by atoms with Crippen molar-refractivity contribution in [3.8, 4) is 0 Å². The monoisotopic (exact) mass is 370 g/mol. The minimum atomic E-state index is 0.344. The van der Waals surface area contributed by atoms with E-state index in [4.69, 9.17) is 11.6 Å². The Kier molecular flexibility index (Phi) is 4.87. The third kappa shape index (κ3) is 3.99. The Labute approximate surface area is 139 Å². The van der Waals surface area contributed by atoms with Gasteiger partial charge in [-0.3, -0.25) is 4.79 Å². The van der Waals surface area contributed by atoms with E-state index in [1.54, 1.807) is 0 Å². The van der Waals surface area contributed by atoms with Crippen LogP contribution < -0.4 is 5.32 Å². The highest BCUT2D eigenvalue weighted by Crippen LogP contribution is 2.32. The molecule has 0 spiro atoms. The van der Waals surface area contributed by atoms with Crippen LogP contribution in [0.25, 0.3) is 0 Å². The fraction of sp³-hybridized carbons (Fsp3) is 0.562. The summed E-state index contributed by atoms with van der Waals surface area (Å²) >= 11 is 9.59. The van der Waals surface area contributed by atoms with Gasteiger partial charge in [-0.05, 0) is 49.4 Å². The number of carbonyl (C=O) groups is 1. The highest BCUT2D eigenvalue weighted by atomic mass is 79.9. The number of piperidine rings is 1. The largest absolute Gasteiger partial charge is 0.342 e. The summed E-state index contributed by atoms with van der Waals surface area (Å²) in [6.07, 6.45) is 4.27. The maximum absolute atomic E-state index is 12.0. The molecule has 1 heterocycles. The SMILES string of the molecule is O=C(C1CC1)N1CCC(NCc2cc(Cl)ccc2Br)CC1. The number of amides is 1. The second kappa shape index (κ2) is 6.67. The first-order valence-electron chi connectivity index (χ1n) is 7.59. The minimum absolute atomic E-state index is 0.344. The highest BCUT2D eigenvalue weighted by molar-refractivity contribution is 9.10. The van der Waals surface area contributed by atoms with Gasteiger partial charge in [0.2, 0.25) is 5.91 Å². The lowest BCUT2D eigenvalue weighted by Crippen LogP contribution is -2.45. The minimum Gasteiger partial charge on any atom is -0.342 e. The van der Waals surface area contributed by atoms with Crippen molar-refractivity contribution >= 4 is 33.4 Å². The lowest BCUT2D eigenvalue weighted by Gasteiger charge is -2.32. The molecule has 1 amide bonds. The zero-order valence-electron chi connectivity index (χ0n) is 11.9. The van der Waals surface area contributed by atoms with Gasteiger partial charge in [-0.15, -0.1) is 0 Å². The van der Waals surface area contributed by atoms with Crippen LogP contribution in [0, 0.1) is 5.92 Å². The zero-order valence-corrected chi connectivity index (χ0v) is 14.3. The van der Waals surface area contributed by atoms with Crippen molar-refractivity contribution in [1.29, 1.82) is 0 Å². The molecule has 1 saturated carbocycles. The molecule has 0 unspecified atom stereocenters. The molecule has 1 N–H and O–H groups in total. The van der Waals surface area contributed by atoms with Crippen molar-refractivity contribution in [2.24, 2.45) is 5.92 Å². The molecule has 2 aliphatic rings. The number of carbonyl (C=O) groups excluding carboxylic acids is 1. The van der Waals surface area contributed by atoms with Gasteiger partial charge in [0.1, 0.15) is 0 Å². The van der Waals surface area contributed by atoms with E-state index in [0.29, 0.717) is 17.9 Å². The molecule has 1 aliphatic heterocycles. The lowest BCUT2D eigenvalue weighted by molar-refractivity contribution is -0.133. The maximum atomic E-state index is 12.0. The Bertz CT molecular complexity index is 525. The fourth-order valence-corrected chi connectivity index (χ4v) is 3.41. The third-order valence-electron chi connectivity index (χ3n) is 4.32. The van der Waals surface area contributed by atoms with Gasteiger partial charge in [0.15, 0.2) is 0 Å². The molecular formula is C16H20BrClN2O. The van der Waals surface area contributed by atoms with E-state index < -0.39 is 0 Å². The molecule has 0 aromatic heterocycles. The molecule has 3 rings (SSSR count).